The van der Waals surface area contributed by atoms with Crippen LogP contribution in [0.4, 0.5) is 0 Å². The molecular weight excluding hydrogens is 258 g/mol. The van der Waals surface area contributed by atoms with Crippen molar-refractivity contribution in [2.75, 3.05) is 6.54 Å². The molecule has 0 aliphatic heterocycles. The van der Waals surface area contributed by atoms with Gasteiger partial charge in [-0.2, -0.15) is 0 Å². The predicted octanol–water partition coefficient (Wildman–Crippen LogP) is 5.21. The summed E-state index contributed by atoms with van der Waals surface area (Å²) in [5.74, 6) is 1.31. The minimum atomic E-state index is 0.321. The quantitative estimate of drug-likeness (QED) is 0.550. The Morgan fingerprint density at radius 1 is 0.952 bits per heavy atom. The Hall–Kier alpha value is -0.530. The summed E-state index contributed by atoms with van der Waals surface area (Å²) in [5.41, 5.74) is 0.388. The van der Waals surface area contributed by atoms with Gasteiger partial charge in [-0.3, -0.25) is 4.79 Å². The van der Waals surface area contributed by atoms with Crippen molar-refractivity contribution in [3.8, 4) is 0 Å². The van der Waals surface area contributed by atoms with E-state index in [0.29, 0.717) is 11.3 Å². The first-order valence-electron chi connectivity index (χ1n) is 9.51. The van der Waals surface area contributed by atoms with Crippen molar-refractivity contribution in [3.05, 3.63) is 0 Å². The maximum atomic E-state index is 12.2. The van der Waals surface area contributed by atoms with E-state index >= 15 is 0 Å². The summed E-state index contributed by atoms with van der Waals surface area (Å²) >= 11 is 0. The number of rotatable bonds is 10. The summed E-state index contributed by atoms with van der Waals surface area (Å²) in [6.07, 6.45) is 18.1. The summed E-state index contributed by atoms with van der Waals surface area (Å²) in [4.78, 5) is 12.2. The number of hydrogen-bond acceptors (Lipinski definition) is 1. The molecule has 3 saturated carbocycles. The van der Waals surface area contributed by atoms with E-state index < -0.39 is 0 Å². The van der Waals surface area contributed by atoms with E-state index in [9.17, 15) is 4.79 Å². The summed E-state index contributed by atoms with van der Waals surface area (Å²) in [7, 11) is 0. The topological polar surface area (TPSA) is 29.1 Å². The standard InChI is InChI=1S/C19H35NO/c1-2-3-4-5-6-7-8-15-20-18(21)16-19-12-9-17(10-13-19)11-14-19/h17H,2-16H2,1H3,(H,20,21). The highest BCUT2D eigenvalue weighted by molar-refractivity contribution is 5.76. The van der Waals surface area contributed by atoms with Gasteiger partial charge >= 0.3 is 0 Å². The number of fused-ring (bicyclic) bond motifs is 3. The normalized spacial score (nSPS) is 27.8. The van der Waals surface area contributed by atoms with Gasteiger partial charge in [0, 0.05) is 13.0 Å². The molecule has 1 amide bonds. The Kier molecular flexibility index (Phi) is 7.06. The summed E-state index contributed by atoms with van der Waals surface area (Å²) in [6, 6.07) is 0. The lowest BCUT2D eigenvalue weighted by atomic mass is 9.59. The van der Waals surface area contributed by atoms with Crippen LogP contribution in [-0.2, 0) is 4.79 Å². The molecule has 2 nitrogen and oxygen atoms in total. The molecule has 0 spiro atoms. The van der Waals surface area contributed by atoms with Gasteiger partial charge in [-0.15, -0.1) is 0 Å². The van der Waals surface area contributed by atoms with Crippen molar-refractivity contribution in [2.45, 2.75) is 96.8 Å². The first-order chi connectivity index (χ1) is 10.2. The highest BCUT2D eigenvalue weighted by atomic mass is 16.1. The van der Waals surface area contributed by atoms with Crippen molar-refractivity contribution in [1.82, 2.24) is 5.32 Å². The molecule has 3 aliphatic rings. The zero-order valence-corrected chi connectivity index (χ0v) is 14.1. The van der Waals surface area contributed by atoms with Gasteiger partial charge < -0.3 is 5.32 Å². The van der Waals surface area contributed by atoms with Crippen LogP contribution in [-0.4, -0.2) is 12.5 Å². The first-order valence-corrected chi connectivity index (χ1v) is 9.51. The number of hydrogen-bond donors (Lipinski definition) is 1. The van der Waals surface area contributed by atoms with Crippen molar-refractivity contribution in [2.24, 2.45) is 11.3 Å². The minimum Gasteiger partial charge on any atom is -0.356 e. The van der Waals surface area contributed by atoms with Gasteiger partial charge in [-0.25, -0.2) is 0 Å². The number of nitrogens with one attached hydrogen (secondary N) is 1. The van der Waals surface area contributed by atoms with Gasteiger partial charge in [0.1, 0.15) is 0 Å². The summed E-state index contributed by atoms with van der Waals surface area (Å²) in [5, 5.41) is 3.17. The lowest BCUT2D eigenvalue weighted by Crippen LogP contribution is -2.39. The molecule has 21 heavy (non-hydrogen) atoms. The van der Waals surface area contributed by atoms with E-state index in [-0.39, 0.29) is 0 Å². The van der Waals surface area contributed by atoms with Gasteiger partial charge in [-0.05, 0) is 56.3 Å². The van der Waals surface area contributed by atoms with Crippen LogP contribution in [0, 0.1) is 11.3 Å². The zero-order valence-electron chi connectivity index (χ0n) is 14.1. The highest BCUT2D eigenvalue weighted by Gasteiger charge is 2.41. The van der Waals surface area contributed by atoms with Crippen LogP contribution >= 0.6 is 0 Å². The fourth-order valence-corrected chi connectivity index (χ4v) is 4.32. The molecule has 3 fully saturated rings. The molecule has 0 saturated heterocycles. The average Bonchev–Trinajstić information content (AvgIpc) is 2.51. The predicted molar refractivity (Wildman–Crippen MR) is 89.2 cm³/mol. The van der Waals surface area contributed by atoms with E-state index in [0.717, 1.165) is 25.3 Å². The lowest BCUT2D eigenvalue weighted by Gasteiger charge is -2.46. The van der Waals surface area contributed by atoms with Crippen LogP contribution in [0.15, 0.2) is 0 Å². The molecule has 122 valence electrons. The fourth-order valence-electron chi connectivity index (χ4n) is 4.32. The molecule has 3 aliphatic carbocycles. The van der Waals surface area contributed by atoms with Crippen molar-refractivity contribution in [1.29, 1.82) is 0 Å². The maximum absolute atomic E-state index is 12.2. The van der Waals surface area contributed by atoms with Gasteiger partial charge in [0.25, 0.3) is 0 Å². The fraction of sp³-hybridized carbons (Fsp3) is 0.947. The van der Waals surface area contributed by atoms with Crippen LogP contribution < -0.4 is 5.32 Å². The largest absolute Gasteiger partial charge is 0.356 e. The van der Waals surface area contributed by atoms with Crippen LogP contribution in [0.3, 0.4) is 0 Å². The molecule has 3 rings (SSSR count). The number of unbranched alkanes of at least 4 members (excludes halogenated alkanes) is 6. The average molecular weight is 293 g/mol. The Balaban J connectivity index is 1.50. The Morgan fingerprint density at radius 3 is 2.14 bits per heavy atom. The van der Waals surface area contributed by atoms with E-state index in [1.165, 1.54) is 77.0 Å². The molecule has 0 aromatic heterocycles. The molecule has 0 unspecified atom stereocenters. The van der Waals surface area contributed by atoms with Gasteiger partial charge in [0.15, 0.2) is 0 Å². The van der Waals surface area contributed by atoms with Gasteiger partial charge in [0.05, 0.1) is 0 Å². The molecule has 0 heterocycles. The second-order valence-corrected chi connectivity index (χ2v) is 7.63. The van der Waals surface area contributed by atoms with Gasteiger partial charge in [0.2, 0.25) is 5.91 Å². The second-order valence-electron chi connectivity index (χ2n) is 7.63. The van der Waals surface area contributed by atoms with E-state index in [1.807, 2.05) is 0 Å². The molecule has 2 bridgehead atoms. The SMILES string of the molecule is CCCCCCCCCNC(=O)CC12CCC(CC1)CC2. The number of carbonyl (C=O) groups is 1. The first kappa shape index (κ1) is 16.8. The van der Waals surface area contributed by atoms with Gasteiger partial charge in [-0.1, -0.05) is 45.4 Å². The van der Waals surface area contributed by atoms with Crippen molar-refractivity contribution < 1.29 is 4.79 Å². The molecule has 2 heteroatoms. The summed E-state index contributed by atoms with van der Waals surface area (Å²) in [6.45, 7) is 3.15. The Labute approximate surface area is 131 Å². The highest BCUT2D eigenvalue weighted by Crippen LogP contribution is 2.52. The third-order valence-electron chi connectivity index (χ3n) is 5.89. The molecule has 1 N–H and O–H groups in total. The van der Waals surface area contributed by atoms with E-state index in [4.69, 9.17) is 0 Å². The molecule has 0 aromatic carbocycles. The minimum absolute atomic E-state index is 0.321. The number of carbonyl (C=O) groups excluding carboxylic acids is 1. The van der Waals surface area contributed by atoms with Crippen LogP contribution in [0.1, 0.15) is 96.8 Å². The number of amides is 1. The van der Waals surface area contributed by atoms with Crippen LogP contribution in [0.25, 0.3) is 0 Å². The molecule has 0 radical (unpaired) electrons. The van der Waals surface area contributed by atoms with E-state index in [2.05, 4.69) is 12.2 Å². The molecular formula is C19H35NO. The lowest BCUT2D eigenvalue weighted by molar-refractivity contribution is -0.125. The monoisotopic (exact) mass is 293 g/mol. The van der Waals surface area contributed by atoms with Crippen LogP contribution in [0.5, 0.6) is 0 Å². The van der Waals surface area contributed by atoms with Crippen molar-refractivity contribution in [3.63, 3.8) is 0 Å². The Bertz CT molecular complexity index is 291. The second kappa shape index (κ2) is 8.80. The smallest absolute Gasteiger partial charge is 0.220 e. The summed E-state index contributed by atoms with van der Waals surface area (Å²) < 4.78 is 0. The Morgan fingerprint density at radius 2 is 1.52 bits per heavy atom. The molecule has 0 atom stereocenters. The zero-order chi connectivity index (χ0) is 15.0. The third-order valence-corrected chi connectivity index (χ3v) is 5.89. The molecule has 0 aromatic rings. The third kappa shape index (κ3) is 5.64. The van der Waals surface area contributed by atoms with Crippen molar-refractivity contribution >= 4 is 5.91 Å². The van der Waals surface area contributed by atoms with E-state index in [1.54, 1.807) is 0 Å². The maximum Gasteiger partial charge on any atom is 0.220 e. The van der Waals surface area contributed by atoms with Crippen LogP contribution in [0.2, 0.25) is 0 Å².